The van der Waals surface area contributed by atoms with E-state index < -0.39 is 0 Å². The first kappa shape index (κ1) is 21.4. The van der Waals surface area contributed by atoms with Crippen LogP contribution in [-0.2, 0) is 23.1 Å². The van der Waals surface area contributed by atoms with Crippen LogP contribution in [0, 0.1) is 12.8 Å². The van der Waals surface area contributed by atoms with Crippen LogP contribution >= 0.6 is 11.8 Å². The highest BCUT2D eigenvalue weighted by atomic mass is 32.2. The number of benzene rings is 1. The smallest absolute Gasteiger partial charge is 0.232 e. The van der Waals surface area contributed by atoms with Crippen LogP contribution in [0.1, 0.15) is 44.0 Å². The summed E-state index contributed by atoms with van der Waals surface area (Å²) in [4.78, 5) is 24.7. The summed E-state index contributed by atoms with van der Waals surface area (Å²) in [5.41, 5.74) is 1.80. The molecule has 2 aromatic rings. The monoisotopic (exact) mass is 415 g/mol. The van der Waals surface area contributed by atoms with Crippen LogP contribution in [0.2, 0.25) is 0 Å². The van der Waals surface area contributed by atoms with E-state index in [-0.39, 0.29) is 24.3 Å². The number of thioether (sulfide) groups is 1. The predicted molar refractivity (Wildman–Crippen MR) is 115 cm³/mol. The molecule has 8 heteroatoms. The van der Waals surface area contributed by atoms with Gasteiger partial charge in [-0.3, -0.25) is 9.59 Å². The number of carbonyl (C=O) groups excluding carboxylic acids is 2. The Kier molecular flexibility index (Phi) is 7.30. The Bertz CT molecular complexity index is 867. The van der Waals surface area contributed by atoms with E-state index in [1.54, 1.807) is 4.57 Å². The Hall–Kier alpha value is -2.35. The average molecular weight is 416 g/mol. The van der Waals surface area contributed by atoms with Gasteiger partial charge in [-0.15, -0.1) is 10.2 Å². The van der Waals surface area contributed by atoms with E-state index in [1.165, 1.54) is 31.0 Å². The fourth-order valence-corrected chi connectivity index (χ4v) is 4.33. The van der Waals surface area contributed by atoms with Crippen molar-refractivity contribution in [2.45, 2.75) is 57.1 Å². The quantitative estimate of drug-likeness (QED) is 0.679. The minimum atomic E-state index is -0.143. The molecule has 1 saturated carbocycles. The summed E-state index contributed by atoms with van der Waals surface area (Å²) >= 11 is 1.34. The molecule has 2 unspecified atom stereocenters. The molecule has 1 aromatic heterocycles. The minimum absolute atomic E-state index is 0.0237. The van der Waals surface area contributed by atoms with Crippen LogP contribution in [0.3, 0.4) is 0 Å². The van der Waals surface area contributed by atoms with Crippen LogP contribution in [0.4, 0.5) is 5.69 Å². The Morgan fingerprint density at radius 1 is 1.17 bits per heavy atom. The molecule has 29 heavy (non-hydrogen) atoms. The maximum atomic E-state index is 12.4. The van der Waals surface area contributed by atoms with E-state index in [2.05, 4.69) is 27.8 Å². The Balaban J connectivity index is 1.50. The maximum absolute atomic E-state index is 12.4. The van der Waals surface area contributed by atoms with Gasteiger partial charge in [-0.05, 0) is 37.3 Å². The van der Waals surface area contributed by atoms with Crippen molar-refractivity contribution in [2.75, 3.05) is 11.1 Å². The molecule has 2 amide bonds. The molecule has 1 aliphatic carbocycles. The summed E-state index contributed by atoms with van der Waals surface area (Å²) in [7, 11) is 1.82. The van der Waals surface area contributed by atoms with Gasteiger partial charge < -0.3 is 15.2 Å². The molecule has 1 aliphatic rings. The van der Waals surface area contributed by atoms with Gasteiger partial charge in [0.15, 0.2) is 5.16 Å². The van der Waals surface area contributed by atoms with E-state index in [0.29, 0.717) is 22.7 Å². The molecule has 0 spiro atoms. The molecular weight excluding hydrogens is 386 g/mol. The number of hydrogen-bond donors (Lipinski definition) is 2. The van der Waals surface area contributed by atoms with Gasteiger partial charge in [-0.2, -0.15) is 0 Å². The van der Waals surface area contributed by atoms with Crippen molar-refractivity contribution in [3.8, 4) is 0 Å². The Morgan fingerprint density at radius 3 is 2.69 bits per heavy atom. The van der Waals surface area contributed by atoms with Gasteiger partial charge in [-0.25, -0.2) is 0 Å². The number of aryl methyl sites for hydroxylation is 1. The molecule has 7 nitrogen and oxygen atoms in total. The van der Waals surface area contributed by atoms with Gasteiger partial charge in [0.2, 0.25) is 11.8 Å². The van der Waals surface area contributed by atoms with Gasteiger partial charge in [0.1, 0.15) is 5.82 Å². The van der Waals surface area contributed by atoms with Gasteiger partial charge in [0, 0.05) is 18.8 Å². The second-order valence-corrected chi connectivity index (χ2v) is 8.66. The lowest BCUT2D eigenvalue weighted by Gasteiger charge is -2.29. The third-order valence-electron chi connectivity index (χ3n) is 5.45. The van der Waals surface area contributed by atoms with Crippen molar-refractivity contribution < 1.29 is 9.59 Å². The maximum Gasteiger partial charge on any atom is 0.232 e. The highest BCUT2D eigenvalue weighted by Gasteiger charge is 2.23. The van der Waals surface area contributed by atoms with Crippen molar-refractivity contribution in [3.63, 3.8) is 0 Å². The van der Waals surface area contributed by atoms with Gasteiger partial charge in [-0.1, -0.05) is 49.7 Å². The molecular formula is C21H29N5O2S. The fourth-order valence-electron chi connectivity index (χ4n) is 3.59. The summed E-state index contributed by atoms with van der Waals surface area (Å²) in [6.07, 6.45) is 4.79. The lowest BCUT2D eigenvalue weighted by molar-refractivity contribution is -0.120. The second-order valence-electron chi connectivity index (χ2n) is 7.72. The largest absolute Gasteiger partial charge is 0.352 e. The Morgan fingerprint density at radius 2 is 1.93 bits per heavy atom. The second kappa shape index (κ2) is 9.91. The highest BCUT2D eigenvalue weighted by Crippen LogP contribution is 2.24. The number of nitrogens with zero attached hydrogens (tertiary/aromatic N) is 3. The average Bonchev–Trinajstić information content (AvgIpc) is 3.03. The van der Waals surface area contributed by atoms with Crippen LogP contribution in [0.5, 0.6) is 0 Å². The molecule has 0 radical (unpaired) electrons. The lowest BCUT2D eigenvalue weighted by Crippen LogP contribution is -2.41. The van der Waals surface area contributed by atoms with Gasteiger partial charge >= 0.3 is 0 Å². The van der Waals surface area contributed by atoms with Crippen molar-refractivity contribution >= 4 is 29.3 Å². The van der Waals surface area contributed by atoms with Crippen molar-refractivity contribution in [3.05, 3.63) is 35.7 Å². The first-order chi connectivity index (χ1) is 13.9. The molecule has 1 fully saturated rings. The number of nitrogens with one attached hydrogen (secondary N) is 2. The lowest BCUT2D eigenvalue weighted by atomic mass is 9.86. The van der Waals surface area contributed by atoms with E-state index in [9.17, 15) is 9.59 Å². The van der Waals surface area contributed by atoms with E-state index in [1.807, 2.05) is 38.2 Å². The molecule has 0 aliphatic heterocycles. The number of rotatable bonds is 7. The predicted octanol–water partition coefficient (Wildman–Crippen LogP) is 3.09. The third-order valence-corrected chi connectivity index (χ3v) is 6.47. The van der Waals surface area contributed by atoms with Gasteiger partial charge in [0.25, 0.3) is 0 Å². The number of anilines is 1. The van der Waals surface area contributed by atoms with E-state index >= 15 is 0 Å². The van der Waals surface area contributed by atoms with Crippen LogP contribution < -0.4 is 10.6 Å². The first-order valence-electron chi connectivity index (χ1n) is 10.1. The number of para-hydroxylation sites is 1. The molecule has 1 heterocycles. The summed E-state index contributed by atoms with van der Waals surface area (Å²) in [5, 5.41) is 15.0. The van der Waals surface area contributed by atoms with Crippen LogP contribution in [0.15, 0.2) is 29.4 Å². The molecule has 156 valence electrons. The van der Waals surface area contributed by atoms with Crippen LogP contribution in [-0.4, -0.2) is 38.4 Å². The zero-order valence-electron chi connectivity index (χ0n) is 17.3. The number of aromatic nitrogens is 3. The molecule has 2 N–H and O–H groups in total. The highest BCUT2D eigenvalue weighted by molar-refractivity contribution is 7.99. The SMILES string of the molecule is Cc1ccccc1NC(=O)Cc1nnc(SCC(=O)NC2CCCCC2C)n1C. The molecule has 1 aromatic carbocycles. The number of hydrogen-bond acceptors (Lipinski definition) is 5. The first-order valence-corrected chi connectivity index (χ1v) is 11.1. The zero-order valence-corrected chi connectivity index (χ0v) is 18.1. The summed E-state index contributed by atoms with van der Waals surface area (Å²) in [6, 6.07) is 7.92. The number of carbonyl (C=O) groups is 2. The van der Waals surface area contributed by atoms with Crippen LogP contribution in [0.25, 0.3) is 0 Å². The fraction of sp³-hybridized carbons (Fsp3) is 0.524. The summed E-state index contributed by atoms with van der Waals surface area (Å²) < 4.78 is 1.78. The minimum Gasteiger partial charge on any atom is -0.352 e. The van der Waals surface area contributed by atoms with Crippen molar-refractivity contribution in [2.24, 2.45) is 13.0 Å². The third kappa shape index (κ3) is 5.82. The van der Waals surface area contributed by atoms with Crippen molar-refractivity contribution in [1.29, 1.82) is 0 Å². The topological polar surface area (TPSA) is 88.9 Å². The van der Waals surface area contributed by atoms with Gasteiger partial charge in [0.05, 0.1) is 12.2 Å². The molecule has 0 bridgehead atoms. The number of amides is 2. The molecule has 0 saturated heterocycles. The standard InChI is InChI=1S/C21H29N5O2S/c1-14-8-4-6-10-16(14)22-19(27)12-18-24-25-21(26(18)3)29-13-20(28)23-17-11-7-5-9-15(17)2/h4,6,8,10,15,17H,5,7,9,11-13H2,1-3H3,(H,22,27)(H,23,28). The van der Waals surface area contributed by atoms with Crippen molar-refractivity contribution in [1.82, 2.24) is 20.1 Å². The normalized spacial score (nSPS) is 19.0. The summed E-state index contributed by atoms with van der Waals surface area (Å²) in [5.74, 6) is 1.28. The zero-order chi connectivity index (χ0) is 20.8. The molecule has 3 rings (SSSR count). The van der Waals surface area contributed by atoms with E-state index in [4.69, 9.17) is 0 Å². The Labute approximate surface area is 176 Å². The van der Waals surface area contributed by atoms with E-state index in [0.717, 1.165) is 17.7 Å². The summed E-state index contributed by atoms with van der Waals surface area (Å²) in [6.45, 7) is 4.15. The molecule has 2 atom stereocenters.